The topological polar surface area (TPSA) is 106 Å². The van der Waals surface area contributed by atoms with Crippen molar-refractivity contribution in [2.24, 2.45) is 0 Å². The first kappa shape index (κ1) is 21.1. The summed E-state index contributed by atoms with van der Waals surface area (Å²) in [6.07, 6.45) is -2.52. The lowest BCUT2D eigenvalue weighted by Gasteiger charge is -2.42. The summed E-state index contributed by atoms with van der Waals surface area (Å²) in [7, 11) is 0. The lowest BCUT2D eigenvalue weighted by Crippen LogP contribution is -2.54. The second-order valence-electron chi connectivity index (χ2n) is 8.15. The Hall–Kier alpha value is -3.73. The fraction of sp³-hybridized carbons (Fsp3) is 0.273. The minimum absolute atomic E-state index is 0.0378. The molecule has 3 aromatic heterocycles. The minimum Gasteiger partial charge on any atom is -0.380 e. The van der Waals surface area contributed by atoms with Gasteiger partial charge in [-0.2, -0.15) is 18.2 Å². The number of fused-ring (bicyclic) bond motifs is 1. The highest BCUT2D eigenvalue weighted by molar-refractivity contribution is 6.04. The Balaban J connectivity index is 1.35. The van der Waals surface area contributed by atoms with Crippen LogP contribution in [0.15, 0.2) is 53.3 Å². The van der Waals surface area contributed by atoms with Crippen molar-refractivity contribution in [3.05, 3.63) is 65.9 Å². The standard InChI is InChI=1S/C22H18F3N5O3/c1-12-5-6-13(18-28-20(33-29-18)14-9-21(32,10-14)22(23,24)25)8-15(12)27-19(31)16-11-26-17-4-2-3-7-30(16)17/h2-8,11,14,32H,9-10H2,1H3,(H,27,31). The fourth-order valence-corrected chi connectivity index (χ4v) is 3.86. The van der Waals surface area contributed by atoms with Crippen molar-refractivity contribution in [2.45, 2.75) is 37.5 Å². The van der Waals surface area contributed by atoms with Gasteiger partial charge in [0.05, 0.1) is 6.20 Å². The van der Waals surface area contributed by atoms with E-state index >= 15 is 0 Å². The highest BCUT2D eigenvalue weighted by atomic mass is 19.4. The number of imidazole rings is 1. The van der Waals surface area contributed by atoms with Gasteiger partial charge in [0.25, 0.3) is 5.91 Å². The van der Waals surface area contributed by atoms with Crippen LogP contribution in [-0.4, -0.2) is 42.3 Å². The van der Waals surface area contributed by atoms with Crippen LogP contribution in [0.4, 0.5) is 18.9 Å². The van der Waals surface area contributed by atoms with Crippen molar-refractivity contribution in [3.8, 4) is 11.4 Å². The third-order valence-corrected chi connectivity index (χ3v) is 5.88. The molecule has 0 unspecified atom stereocenters. The quantitative estimate of drug-likeness (QED) is 0.478. The van der Waals surface area contributed by atoms with E-state index in [1.807, 2.05) is 13.0 Å². The molecule has 1 aliphatic rings. The van der Waals surface area contributed by atoms with Gasteiger partial charge in [-0.15, -0.1) is 0 Å². The average molecular weight is 457 g/mol. The van der Waals surface area contributed by atoms with Gasteiger partial charge >= 0.3 is 6.18 Å². The second-order valence-corrected chi connectivity index (χ2v) is 8.15. The van der Waals surface area contributed by atoms with Crippen LogP contribution < -0.4 is 5.32 Å². The number of aromatic nitrogens is 4. The monoisotopic (exact) mass is 457 g/mol. The molecule has 0 radical (unpaired) electrons. The van der Waals surface area contributed by atoms with Crippen molar-refractivity contribution in [1.82, 2.24) is 19.5 Å². The predicted molar refractivity (Wildman–Crippen MR) is 111 cm³/mol. The zero-order valence-electron chi connectivity index (χ0n) is 17.3. The molecule has 0 aliphatic heterocycles. The molecule has 0 bridgehead atoms. The molecule has 2 N–H and O–H groups in total. The summed E-state index contributed by atoms with van der Waals surface area (Å²) < 4.78 is 45.4. The van der Waals surface area contributed by atoms with Gasteiger partial charge in [0.2, 0.25) is 11.7 Å². The van der Waals surface area contributed by atoms with E-state index in [0.29, 0.717) is 22.6 Å². The summed E-state index contributed by atoms with van der Waals surface area (Å²) in [6.45, 7) is 1.82. The number of carbonyl (C=O) groups is 1. The highest BCUT2D eigenvalue weighted by Crippen LogP contribution is 2.52. The van der Waals surface area contributed by atoms with Crippen LogP contribution in [0.1, 0.15) is 40.7 Å². The Kier molecular flexibility index (Phi) is 4.74. The molecule has 1 fully saturated rings. The zero-order chi connectivity index (χ0) is 23.4. The summed E-state index contributed by atoms with van der Waals surface area (Å²) in [5.74, 6) is -0.810. The van der Waals surface area contributed by atoms with Crippen molar-refractivity contribution >= 4 is 17.2 Å². The average Bonchev–Trinajstić information content (AvgIpc) is 3.39. The molecular formula is C22H18F3N5O3. The number of nitrogens with zero attached hydrogens (tertiary/aromatic N) is 4. The Bertz CT molecular complexity index is 1350. The van der Waals surface area contributed by atoms with Gasteiger partial charge in [0, 0.05) is 23.4 Å². The number of anilines is 1. The Morgan fingerprint density at radius 2 is 2.06 bits per heavy atom. The number of halogens is 3. The SMILES string of the molecule is Cc1ccc(-c2noc(C3CC(O)(C(F)(F)F)C3)n2)cc1NC(=O)c1cnc2ccccn12. The molecule has 170 valence electrons. The van der Waals surface area contributed by atoms with E-state index in [0.717, 1.165) is 5.56 Å². The fourth-order valence-electron chi connectivity index (χ4n) is 3.86. The van der Waals surface area contributed by atoms with Crippen molar-refractivity contribution in [3.63, 3.8) is 0 Å². The Morgan fingerprint density at radius 3 is 2.82 bits per heavy atom. The van der Waals surface area contributed by atoms with Crippen LogP contribution in [-0.2, 0) is 0 Å². The van der Waals surface area contributed by atoms with Crippen LogP contribution in [0, 0.1) is 6.92 Å². The molecule has 1 aliphatic carbocycles. The zero-order valence-corrected chi connectivity index (χ0v) is 17.3. The Morgan fingerprint density at radius 1 is 1.27 bits per heavy atom. The molecular weight excluding hydrogens is 439 g/mol. The van der Waals surface area contributed by atoms with Gasteiger partial charge in [-0.05, 0) is 43.5 Å². The molecule has 0 spiro atoms. The number of hydrogen-bond acceptors (Lipinski definition) is 6. The molecule has 0 saturated heterocycles. The smallest absolute Gasteiger partial charge is 0.380 e. The van der Waals surface area contributed by atoms with E-state index < -0.39 is 30.5 Å². The third-order valence-electron chi connectivity index (χ3n) is 5.88. The number of aryl methyl sites for hydroxylation is 1. The van der Waals surface area contributed by atoms with Crippen molar-refractivity contribution in [1.29, 1.82) is 0 Å². The van der Waals surface area contributed by atoms with Crippen LogP contribution in [0.2, 0.25) is 0 Å². The molecule has 3 heterocycles. The number of benzene rings is 1. The van der Waals surface area contributed by atoms with Gasteiger partial charge in [-0.25, -0.2) is 4.98 Å². The van der Waals surface area contributed by atoms with E-state index in [9.17, 15) is 23.1 Å². The van der Waals surface area contributed by atoms with Crippen molar-refractivity contribution < 1.29 is 27.6 Å². The van der Waals surface area contributed by atoms with Gasteiger partial charge in [0.1, 0.15) is 11.3 Å². The summed E-state index contributed by atoms with van der Waals surface area (Å²) in [5, 5.41) is 16.4. The largest absolute Gasteiger partial charge is 0.417 e. The first-order valence-corrected chi connectivity index (χ1v) is 10.1. The number of pyridine rings is 1. The number of amides is 1. The van der Waals surface area contributed by atoms with Crippen molar-refractivity contribution in [2.75, 3.05) is 5.32 Å². The predicted octanol–water partition coefficient (Wildman–Crippen LogP) is 4.12. The third kappa shape index (κ3) is 3.63. The number of carbonyl (C=O) groups excluding carboxylic acids is 1. The molecule has 33 heavy (non-hydrogen) atoms. The van der Waals surface area contributed by atoms with E-state index in [2.05, 4.69) is 20.4 Å². The second kappa shape index (κ2) is 7.41. The first-order valence-electron chi connectivity index (χ1n) is 10.1. The number of rotatable bonds is 4. The number of nitrogens with one attached hydrogen (secondary N) is 1. The van der Waals surface area contributed by atoms with Crippen LogP contribution >= 0.6 is 0 Å². The molecule has 5 rings (SSSR count). The minimum atomic E-state index is -4.70. The lowest BCUT2D eigenvalue weighted by molar-refractivity contribution is -0.292. The molecule has 11 heteroatoms. The van der Waals surface area contributed by atoms with Gasteiger partial charge < -0.3 is 14.9 Å². The summed E-state index contributed by atoms with van der Waals surface area (Å²) in [5.41, 5.74) is 0.115. The van der Waals surface area contributed by atoms with Crippen LogP contribution in [0.5, 0.6) is 0 Å². The molecule has 1 amide bonds. The Labute approximate surface area is 185 Å². The molecule has 8 nitrogen and oxygen atoms in total. The highest BCUT2D eigenvalue weighted by Gasteiger charge is 2.62. The van der Waals surface area contributed by atoms with Gasteiger partial charge in [0.15, 0.2) is 5.60 Å². The van der Waals surface area contributed by atoms with E-state index in [1.165, 1.54) is 6.20 Å². The van der Waals surface area contributed by atoms with Crippen LogP contribution in [0.3, 0.4) is 0 Å². The summed E-state index contributed by atoms with van der Waals surface area (Å²) >= 11 is 0. The maximum atomic E-state index is 12.9. The maximum Gasteiger partial charge on any atom is 0.417 e. The maximum absolute atomic E-state index is 12.9. The van der Waals surface area contributed by atoms with E-state index in [-0.39, 0.29) is 17.6 Å². The molecule has 1 aromatic carbocycles. The van der Waals surface area contributed by atoms with E-state index in [4.69, 9.17) is 4.52 Å². The van der Waals surface area contributed by atoms with Gasteiger partial charge in [-0.3, -0.25) is 9.20 Å². The lowest BCUT2D eigenvalue weighted by atomic mass is 9.70. The molecule has 4 aromatic rings. The summed E-state index contributed by atoms with van der Waals surface area (Å²) in [6, 6.07) is 10.6. The number of hydrogen-bond donors (Lipinski definition) is 2. The molecule has 1 saturated carbocycles. The normalized spacial score (nSPS) is 20.6. The number of aliphatic hydroxyl groups is 1. The van der Waals surface area contributed by atoms with E-state index in [1.54, 1.807) is 40.9 Å². The van der Waals surface area contributed by atoms with Gasteiger partial charge in [-0.1, -0.05) is 23.4 Å². The first-order chi connectivity index (χ1) is 15.6. The molecule has 0 atom stereocenters. The summed E-state index contributed by atoms with van der Waals surface area (Å²) in [4.78, 5) is 21.3. The number of alkyl halides is 3. The van der Waals surface area contributed by atoms with Crippen LogP contribution in [0.25, 0.3) is 17.0 Å².